The molecule has 1 amide bonds. The van der Waals surface area contributed by atoms with Gasteiger partial charge in [0.2, 0.25) is 5.91 Å². The lowest BCUT2D eigenvalue weighted by atomic mass is 9.98. The lowest BCUT2D eigenvalue weighted by Gasteiger charge is -2.37. The first-order chi connectivity index (χ1) is 5.04. The number of β-lactam (4-membered cyclic amide) rings is 1. The minimum atomic E-state index is -0.983. The molecule has 2 atom stereocenters. The van der Waals surface area contributed by atoms with Crippen LogP contribution in [0.25, 0.3) is 0 Å². The van der Waals surface area contributed by atoms with Crippen molar-refractivity contribution < 1.29 is 14.7 Å². The molecule has 5 nitrogen and oxygen atoms in total. The van der Waals surface area contributed by atoms with E-state index < -0.39 is 18.1 Å². The van der Waals surface area contributed by atoms with Crippen molar-refractivity contribution in [1.82, 2.24) is 10.2 Å². The molecule has 1 saturated heterocycles. The van der Waals surface area contributed by atoms with E-state index in [1.807, 2.05) is 0 Å². The number of carbonyl (C=O) groups excluding carboxylic acids is 1. The standard InChI is InChI=1S/C6H10N2O3/c1-8(2)4-3(6(10)11)7-5(4)9/h3-4H,1-2H3,(H,7,9)(H,10,11)/t3-,4+/m0/s1. The van der Waals surface area contributed by atoms with Crippen molar-refractivity contribution >= 4 is 11.9 Å². The predicted molar refractivity (Wildman–Crippen MR) is 37.0 cm³/mol. The number of aliphatic carboxylic acids is 1. The third-order valence-electron chi connectivity index (χ3n) is 1.70. The summed E-state index contributed by atoms with van der Waals surface area (Å²) in [6, 6.07) is -1.25. The Labute approximate surface area is 64.0 Å². The summed E-state index contributed by atoms with van der Waals surface area (Å²) in [6.45, 7) is 0. The molecule has 0 aromatic rings. The second-order valence-electron chi connectivity index (χ2n) is 2.73. The normalized spacial score (nSPS) is 29.5. The van der Waals surface area contributed by atoms with Crippen molar-refractivity contribution in [3.8, 4) is 0 Å². The van der Waals surface area contributed by atoms with Gasteiger partial charge in [0.25, 0.3) is 0 Å². The van der Waals surface area contributed by atoms with Gasteiger partial charge >= 0.3 is 5.97 Å². The topological polar surface area (TPSA) is 69.6 Å². The Morgan fingerprint density at radius 3 is 2.36 bits per heavy atom. The summed E-state index contributed by atoms with van der Waals surface area (Å²) in [6.07, 6.45) is 0. The Morgan fingerprint density at radius 2 is 2.18 bits per heavy atom. The maximum atomic E-state index is 10.8. The first-order valence-electron chi connectivity index (χ1n) is 3.23. The van der Waals surface area contributed by atoms with Crippen molar-refractivity contribution in [1.29, 1.82) is 0 Å². The summed E-state index contributed by atoms with van der Waals surface area (Å²) in [4.78, 5) is 22.8. The maximum Gasteiger partial charge on any atom is 0.328 e. The van der Waals surface area contributed by atoms with Crippen molar-refractivity contribution in [2.45, 2.75) is 12.1 Å². The zero-order valence-corrected chi connectivity index (χ0v) is 6.37. The minimum Gasteiger partial charge on any atom is -0.480 e. The van der Waals surface area contributed by atoms with Gasteiger partial charge in [-0.1, -0.05) is 0 Å². The second-order valence-corrected chi connectivity index (χ2v) is 2.73. The number of nitrogens with zero attached hydrogens (tertiary/aromatic N) is 1. The Balaban J connectivity index is 2.62. The van der Waals surface area contributed by atoms with Crippen molar-refractivity contribution in [2.75, 3.05) is 14.1 Å². The minimum absolute atomic E-state index is 0.220. The molecule has 0 spiro atoms. The number of likely N-dealkylation sites (N-methyl/N-ethyl adjacent to an activating group) is 1. The number of carbonyl (C=O) groups is 2. The van der Waals surface area contributed by atoms with Crippen LogP contribution in [-0.2, 0) is 9.59 Å². The van der Waals surface area contributed by atoms with E-state index in [4.69, 9.17) is 5.11 Å². The van der Waals surface area contributed by atoms with E-state index in [9.17, 15) is 9.59 Å². The molecule has 0 aliphatic carbocycles. The molecule has 1 heterocycles. The van der Waals surface area contributed by atoms with E-state index >= 15 is 0 Å². The summed E-state index contributed by atoms with van der Waals surface area (Å²) >= 11 is 0. The summed E-state index contributed by atoms with van der Waals surface area (Å²) in [7, 11) is 3.36. The lowest BCUT2D eigenvalue weighted by molar-refractivity contribution is -0.153. The van der Waals surface area contributed by atoms with Crippen LogP contribution in [0.3, 0.4) is 0 Å². The van der Waals surface area contributed by atoms with Gasteiger partial charge in [-0.15, -0.1) is 0 Å². The molecule has 1 aliphatic heterocycles. The van der Waals surface area contributed by atoms with Gasteiger partial charge in [-0.25, -0.2) is 4.79 Å². The molecule has 0 saturated carbocycles. The first-order valence-corrected chi connectivity index (χ1v) is 3.23. The summed E-state index contributed by atoms with van der Waals surface area (Å²) in [5, 5.41) is 10.8. The highest BCUT2D eigenvalue weighted by Gasteiger charge is 2.45. The molecule has 1 fully saturated rings. The van der Waals surface area contributed by atoms with Crippen LogP contribution < -0.4 is 5.32 Å². The number of hydrogen-bond acceptors (Lipinski definition) is 3. The van der Waals surface area contributed by atoms with Gasteiger partial charge in [0.1, 0.15) is 6.04 Å². The zero-order chi connectivity index (χ0) is 8.59. The third kappa shape index (κ3) is 1.19. The number of amides is 1. The monoisotopic (exact) mass is 158 g/mol. The van der Waals surface area contributed by atoms with Crippen LogP contribution in [0.2, 0.25) is 0 Å². The molecule has 0 unspecified atom stereocenters. The Hall–Kier alpha value is -1.10. The van der Waals surface area contributed by atoms with Gasteiger partial charge in [-0.2, -0.15) is 0 Å². The van der Waals surface area contributed by atoms with Crippen LogP contribution in [0.4, 0.5) is 0 Å². The number of rotatable bonds is 2. The van der Waals surface area contributed by atoms with E-state index in [1.54, 1.807) is 19.0 Å². The molecule has 0 aromatic carbocycles. The average Bonchev–Trinajstić information content (AvgIpc) is 1.80. The predicted octanol–water partition coefficient (Wildman–Crippen LogP) is -1.50. The van der Waals surface area contributed by atoms with E-state index in [0.29, 0.717) is 0 Å². The second kappa shape index (κ2) is 2.50. The zero-order valence-electron chi connectivity index (χ0n) is 6.37. The molecular formula is C6H10N2O3. The fourth-order valence-electron chi connectivity index (χ4n) is 1.10. The number of carboxylic acid groups (broad SMARTS) is 1. The molecular weight excluding hydrogens is 148 g/mol. The van der Waals surface area contributed by atoms with Gasteiger partial charge in [0.15, 0.2) is 6.04 Å². The van der Waals surface area contributed by atoms with E-state index in [2.05, 4.69) is 5.32 Å². The fourth-order valence-corrected chi connectivity index (χ4v) is 1.10. The molecule has 0 radical (unpaired) electrons. The molecule has 5 heteroatoms. The van der Waals surface area contributed by atoms with Crippen molar-refractivity contribution in [3.63, 3.8) is 0 Å². The maximum absolute atomic E-state index is 10.8. The van der Waals surface area contributed by atoms with Crippen LogP contribution >= 0.6 is 0 Å². The lowest BCUT2D eigenvalue weighted by Crippen LogP contribution is -2.70. The number of hydrogen-bond donors (Lipinski definition) is 2. The van der Waals surface area contributed by atoms with Gasteiger partial charge in [0.05, 0.1) is 0 Å². The Bertz CT molecular complexity index is 202. The summed E-state index contributed by atoms with van der Waals surface area (Å²) in [5.74, 6) is -1.20. The van der Waals surface area contributed by atoms with E-state index in [0.717, 1.165) is 0 Å². The highest BCUT2D eigenvalue weighted by Crippen LogP contribution is 2.10. The Morgan fingerprint density at radius 1 is 1.64 bits per heavy atom. The van der Waals surface area contributed by atoms with Crippen LogP contribution in [0.5, 0.6) is 0 Å². The van der Waals surface area contributed by atoms with E-state index in [-0.39, 0.29) is 5.91 Å². The molecule has 0 bridgehead atoms. The van der Waals surface area contributed by atoms with Crippen LogP contribution in [0.15, 0.2) is 0 Å². The van der Waals surface area contributed by atoms with Gasteiger partial charge in [0, 0.05) is 0 Å². The fraction of sp³-hybridized carbons (Fsp3) is 0.667. The van der Waals surface area contributed by atoms with Gasteiger partial charge in [-0.3, -0.25) is 9.69 Å². The first kappa shape index (κ1) is 8.00. The van der Waals surface area contributed by atoms with E-state index in [1.165, 1.54) is 0 Å². The molecule has 62 valence electrons. The summed E-state index contributed by atoms with van der Waals surface area (Å²) < 4.78 is 0. The molecule has 11 heavy (non-hydrogen) atoms. The molecule has 2 N–H and O–H groups in total. The smallest absolute Gasteiger partial charge is 0.328 e. The van der Waals surface area contributed by atoms with Gasteiger partial charge in [-0.05, 0) is 14.1 Å². The third-order valence-corrected chi connectivity index (χ3v) is 1.70. The molecule has 1 rings (SSSR count). The quantitative estimate of drug-likeness (QED) is 0.480. The number of carboxylic acids is 1. The van der Waals surface area contributed by atoms with Crippen molar-refractivity contribution in [3.05, 3.63) is 0 Å². The highest BCUT2D eigenvalue weighted by atomic mass is 16.4. The highest BCUT2D eigenvalue weighted by molar-refractivity contribution is 5.99. The van der Waals surface area contributed by atoms with Crippen molar-refractivity contribution in [2.24, 2.45) is 0 Å². The number of nitrogens with one attached hydrogen (secondary N) is 1. The van der Waals surface area contributed by atoms with Crippen LogP contribution in [0, 0.1) is 0 Å². The molecule has 0 aromatic heterocycles. The van der Waals surface area contributed by atoms with Crippen LogP contribution in [0.1, 0.15) is 0 Å². The van der Waals surface area contributed by atoms with Crippen LogP contribution in [-0.4, -0.2) is 48.1 Å². The average molecular weight is 158 g/mol. The Kier molecular flexibility index (Phi) is 1.82. The molecule has 1 aliphatic rings. The SMILES string of the molecule is CN(C)[C@H]1C(=O)N[C@@H]1C(=O)O. The summed E-state index contributed by atoms with van der Waals surface area (Å²) in [5.41, 5.74) is 0. The van der Waals surface area contributed by atoms with Gasteiger partial charge < -0.3 is 10.4 Å². The largest absolute Gasteiger partial charge is 0.480 e.